The number of nitrogens with zero attached hydrogens (tertiary/aromatic N) is 3. The largest absolute Gasteiger partial charge is 0.496 e. The van der Waals surface area contributed by atoms with Gasteiger partial charge < -0.3 is 20.1 Å². The summed E-state index contributed by atoms with van der Waals surface area (Å²) in [6.45, 7) is 6.21. The van der Waals surface area contributed by atoms with Gasteiger partial charge in [0.05, 0.1) is 24.8 Å². The Morgan fingerprint density at radius 1 is 1.20 bits per heavy atom. The Kier molecular flexibility index (Phi) is 9.83. The van der Waals surface area contributed by atoms with Crippen LogP contribution in [0.3, 0.4) is 0 Å². The lowest BCUT2D eigenvalue weighted by Crippen LogP contribution is -2.30. The van der Waals surface area contributed by atoms with Crippen LogP contribution in [0.15, 0.2) is 35.8 Å². The van der Waals surface area contributed by atoms with Crippen LogP contribution in [0.1, 0.15) is 70.3 Å². The molecule has 236 valence electrons. The summed E-state index contributed by atoms with van der Waals surface area (Å²) in [7, 11) is 4.94. The minimum Gasteiger partial charge on any atom is -0.496 e. The first kappa shape index (κ1) is 31.8. The number of aryl methyl sites for hydroxylation is 1. The summed E-state index contributed by atoms with van der Waals surface area (Å²) in [6, 6.07) is 3.83. The highest BCUT2D eigenvalue weighted by Gasteiger charge is 2.54. The van der Waals surface area contributed by atoms with Gasteiger partial charge in [0.15, 0.2) is 0 Å². The molecule has 1 spiro atoms. The molecule has 3 atom stereocenters. The van der Waals surface area contributed by atoms with Crippen LogP contribution in [0.5, 0.6) is 11.5 Å². The maximum absolute atomic E-state index is 14.5. The molecule has 1 amide bonds. The van der Waals surface area contributed by atoms with Crippen LogP contribution in [-0.2, 0) is 17.8 Å². The highest BCUT2D eigenvalue weighted by Crippen LogP contribution is 2.56. The van der Waals surface area contributed by atoms with Gasteiger partial charge in [-0.2, -0.15) is 4.98 Å². The molecule has 2 aromatic heterocycles. The number of amides is 1. The number of methoxy groups -OCH3 is 2. The minimum absolute atomic E-state index is 0.101. The number of rotatable bonds is 11. The third kappa shape index (κ3) is 6.29. The van der Waals surface area contributed by atoms with E-state index in [0.29, 0.717) is 58.1 Å². The molecule has 2 saturated carbocycles. The number of hydrogen-bond donors (Lipinski definition) is 2. The quantitative estimate of drug-likeness (QED) is 0.234. The third-order valence-corrected chi connectivity index (χ3v) is 9.87. The summed E-state index contributed by atoms with van der Waals surface area (Å²) in [5.74, 6) is 1.87. The molecule has 2 unspecified atom stereocenters. The fourth-order valence-corrected chi connectivity index (χ4v) is 7.48. The number of carbonyl (C=O) groups excluding carboxylic acids is 1. The first-order chi connectivity index (χ1) is 21.3. The number of anilines is 1. The summed E-state index contributed by atoms with van der Waals surface area (Å²) in [6.07, 6.45) is 13.3. The van der Waals surface area contributed by atoms with Crippen molar-refractivity contribution < 1.29 is 14.3 Å². The van der Waals surface area contributed by atoms with E-state index < -0.39 is 0 Å². The summed E-state index contributed by atoms with van der Waals surface area (Å²) in [4.78, 5) is 35.8. The molecule has 1 aromatic carbocycles. The van der Waals surface area contributed by atoms with E-state index in [-0.39, 0.29) is 22.9 Å². The van der Waals surface area contributed by atoms with Crippen molar-refractivity contribution in [2.45, 2.75) is 83.7 Å². The van der Waals surface area contributed by atoms with Crippen molar-refractivity contribution in [3.8, 4) is 22.6 Å². The van der Waals surface area contributed by atoms with Crippen molar-refractivity contribution in [1.82, 2.24) is 19.9 Å². The van der Waals surface area contributed by atoms with Crippen LogP contribution in [-0.4, -0.2) is 47.8 Å². The Hall–Kier alpha value is -3.59. The van der Waals surface area contributed by atoms with Crippen molar-refractivity contribution in [1.29, 1.82) is 0 Å². The fourth-order valence-electron chi connectivity index (χ4n) is 7.13. The van der Waals surface area contributed by atoms with Crippen molar-refractivity contribution in [3.05, 3.63) is 51.9 Å². The zero-order valence-corrected chi connectivity index (χ0v) is 27.1. The second-order valence-electron chi connectivity index (χ2n) is 12.2. The Bertz CT molecular complexity index is 1610. The van der Waals surface area contributed by atoms with Gasteiger partial charge in [0.2, 0.25) is 11.9 Å². The number of nitrogens with one attached hydrogen (secondary N) is 2. The summed E-state index contributed by atoms with van der Waals surface area (Å²) >= 11 is 6.96. The fraction of sp³-hybridized carbons (Fsp3) is 0.529. The van der Waals surface area contributed by atoms with Crippen molar-refractivity contribution >= 4 is 34.5 Å². The monoisotopic (exact) mass is 621 g/mol. The Labute approximate surface area is 264 Å². The number of fused-ring (bicyclic) bond motifs is 1. The van der Waals surface area contributed by atoms with E-state index in [4.69, 9.17) is 26.1 Å². The maximum atomic E-state index is 14.5. The zero-order chi connectivity index (χ0) is 31.4. The molecule has 2 fully saturated rings. The molecule has 2 aliphatic carbocycles. The average Bonchev–Trinajstić information content (AvgIpc) is 3.70. The molecule has 44 heavy (non-hydrogen) atoms. The first-order valence-corrected chi connectivity index (χ1v) is 16.1. The molecular weight excluding hydrogens is 578 g/mol. The first-order valence-electron chi connectivity index (χ1n) is 15.7. The van der Waals surface area contributed by atoms with Crippen LogP contribution in [0, 0.1) is 11.3 Å². The van der Waals surface area contributed by atoms with Crippen molar-refractivity contribution in [3.63, 3.8) is 0 Å². The van der Waals surface area contributed by atoms with Gasteiger partial charge in [0, 0.05) is 48.4 Å². The number of aromatic nitrogens is 3. The van der Waals surface area contributed by atoms with Gasteiger partial charge >= 0.3 is 0 Å². The van der Waals surface area contributed by atoms with Gasteiger partial charge in [-0.15, -0.1) is 0 Å². The van der Waals surface area contributed by atoms with Crippen LogP contribution in [0.25, 0.3) is 22.2 Å². The van der Waals surface area contributed by atoms with Gasteiger partial charge in [0.25, 0.3) is 5.56 Å². The second-order valence-corrected chi connectivity index (χ2v) is 12.6. The van der Waals surface area contributed by atoms with Gasteiger partial charge in [-0.3, -0.25) is 14.2 Å². The molecule has 5 rings (SSSR count). The molecule has 3 aromatic rings. The molecule has 0 bridgehead atoms. The third-order valence-electron chi connectivity index (χ3n) is 9.49. The normalized spacial score (nSPS) is 21.4. The van der Waals surface area contributed by atoms with E-state index in [9.17, 15) is 9.59 Å². The smallest absolute Gasteiger partial charge is 0.260 e. The van der Waals surface area contributed by atoms with Crippen LogP contribution >= 0.6 is 11.6 Å². The van der Waals surface area contributed by atoms with Crippen LogP contribution in [0.2, 0.25) is 5.02 Å². The summed E-state index contributed by atoms with van der Waals surface area (Å²) < 4.78 is 13.1. The molecule has 2 N–H and O–H groups in total. The highest BCUT2D eigenvalue weighted by atomic mass is 35.5. The number of ether oxygens (including phenoxy) is 2. The number of hydrogen-bond acceptors (Lipinski definition) is 7. The lowest BCUT2D eigenvalue weighted by Gasteiger charge is -2.28. The molecule has 2 heterocycles. The second kappa shape index (κ2) is 13.6. The molecular formula is C34H44ClN5O4. The van der Waals surface area contributed by atoms with E-state index in [2.05, 4.69) is 29.1 Å². The van der Waals surface area contributed by atoms with Crippen LogP contribution < -0.4 is 25.7 Å². The maximum Gasteiger partial charge on any atom is 0.260 e. The Morgan fingerprint density at radius 2 is 2.00 bits per heavy atom. The van der Waals surface area contributed by atoms with E-state index in [0.717, 1.165) is 49.5 Å². The van der Waals surface area contributed by atoms with Gasteiger partial charge in [-0.25, -0.2) is 4.98 Å². The summed E-state index contributed by atoms with van der Waals surface area (Å²) in [5.41, 5.74) is 2.55. The van der Waals surface area contributed by atoms with Crippen molar-refractivity contribution in [2.24, 2.45) is 11.3 Å². The molecule has 2 aliphatic rings. The zero-order valence-electron chi connectivity index (χ0n) is 26.3. The van der Waals surface area contributed by atoms with E-state index in [1.807, 2.05) is 6.07 Å². The number of halogens is 1. The Balaban J connectivity index is 1.57. The number of benzene rings is 1. The topological polar surface area (TPSA) is 107 Å². The molecule has 10 heteroatoms. The van der Waals surface area contributed by atoms with E-state index in [1.54, 1.807) is 38.1 Å². The minimum atomic E-state index is -0.157. The Morgan fingerprint density at radius 3 is 2.70 bits per heavy atom. The van der Waals surface area contributed by atoms with Gasteiger partial charge in [-0.1, -0.05) is 57.2 Å². The van der Waals surface area contributed by atoms with Gasteiger partial charge in [-0.05, 0) is 55.6 Å². The summed E-state index contributed by atoms with van der Waals surface area (Å²) in [5, 5.41) is 7.29. The predicted molar refractivity (Wildman–Crippen MR) is 176 cm³/mol. The lowest BCUT2D eigenvalue weighted by atomic mass is 9.80. The van der Waals surface area contributed by atoms with Crippen LogP contribution in [0.4, 0.5) is 5.95 Å². The standard InChI is InChI=1S/C34H44ClN5O4/c1-6-11-23-25(43-4)17-26(44-5)30(35)29(23)24-16-22-20-37-33(36-3)39-31(22)40(32(24)42)15-13-21-12-9-8-10-14-34(18-21)19-27(34)38-28(41)7-2/h7,16-17,20-21,27H,2,6,8-15,18-19H2,1,3-5H3,(H,38,41)(H,36,37,39)/t21?,27?,34-/m1/s1. The average molecular weight is 622 g/mol. The lowest BCUT2D eigenvalue weighted by molar-refractivity contribution is -0.116. The SMILES string of the molecule is C=CC(=O)NC1C[C@]12CCCCCC(CCn1c(=O)c(-c3c(Cl)c(OC)cc(OC)c3CCC)cc3cnc(NC)nc31)C2. The highest BCUT2D eigenvalue weighted by molar-refractivity contribution is 6.35. The van der Waals surface area contributed by atoms with Gasteiger partial charge in [0.1, 0.15) is 17.1 Å². The van der Waals surface area contributed by atoms with E-state index in [1.165, 1.54) is 25.3 Å². The molecule has 0 radical (unpaired) electrons. The predicted octanol–water partition coefficient (Wildman–Crippen LogP) is 6.54. The molecule has 0 aliphatic heterocycles. The molecule has 9 nitrogen and oxygen atoms in total. The molecule has 0 saturated heterocycles. The van der Waals surface area contributed by atoms with Crippen molar-refractivity contribution in [2.75, 3.05) is 26.6 Å². The number of pyridine rings is 1. The number of carbonyl (C=O) groups is 1. The van der Waals surface area contributed by atoms with E-state index >= 15 is 0 Å².